The van der Waals surface area contributed by atoms with Crippen LogP contribution in [0.5, 0.6) is 0 Å². The van der Waals surface area contributed by atoms with Gasteiger partial charge in [-0.15, -0.1) is 0 Å². The quantitative estimate of drug-likeness (QED) is 0.773. The third-order valence-electron chi connectivity index (χ3n) is 3.21. The number of amides is 1. The molecule has 0 aromatic heterocycles. The van der Waals surface area contributed by atoms with Crippen molar-refractivity contribution < 1.29 is 9.53 Å². The summed E-state index contributed by atoms with van der Waals surface area (Å²) < 4.78 is 5.21. The lowest BCUT2D eigenvalue weighted by Crippen LogP contribution is -2.43. The Bertz CT molecular complexity index is 414. The van der Waals surface area contributed by atoms with Gasteiger partial charge in [0.1, 0.15) is 6.61 Å². The van der Waals surface area contributed by atoms with E-state index in [2.05, 4.69) is 15.5 Å². The Morgan fingerprint density at radius 1 is 1.30 bits per heavy atom. The molecule has 0 bridgehead atoms. The van der Waals surface area contributed by atoms with Gasteiger partial charge in [0.25, 0.3) is 0 Å². The van der Waals surface area contributed by atoms with Gasteiger partial charge in [-0.2, -0.15) is 0 Å². The van der Waals surface area contributed by atoms with Crippen LogP contribution in [0.2, 0.25) is 0 Å². The van der Waals surface area contributed by atoms with Crippen LogP contribution in [0.15, 0.2) is 24.3 Å². The number of benzene rings is 1. The van der Waals surface area contributed by atoms with E-state index in [1.165, 1.54) is 5.69 Å². The summed E-state index contributed by atoms with van der Waals surface area (Å²) in [5, 5.41) is 6.17. The van der Waals surface area contributed by atoms with E-state index in [-0.39, 0.29) is 12.5 Å². The van der Waals surface area contributed by atoms with Gasteiger partial charge in [0, 0.05) is 44.2 Å². The van der Waals surface area contributed by atoms with Gasteiger partial charge in [-0.05, 0) is 30.7 Å². The van der Waals surface area contributed by atoms with E-state index in [0.717, 1.165) is 38.3 Å². The summed E-state index contributed by atoms with van der Waals surface area (Å²) in [6.45, 7) is 6.85. The van der Waals surface area contributed by atoms with Crippen molar-refractivity contribution in [3.05, 3.63) is 24.3 Å². The summed E-state index contributed by atoms with van der Waals surface area (Å²) in [4.78, 5) is 14.0. The lowest BCUT2D eigenvalue weighted by molar-refractivity contribution is -0.120. The number of carbonyl (C=O) groups excluding carboxylic acids is 1. The maximum atomic E-state index is 11.6. The van der Waals surface area contributed by atoms with Crippen LogP contribution < -0.4 is 15.5 Å². The van der Waals surface area contributed by atoms with Crippen LogP contribution in [0.1, 0.15) is 13.3 Å². The summed E-state index contributed by atoms with van der Waals surface area (Å²) in [5.41, 5.74) is 2.01. The standard InChI is InChI=1S/C15H23N3O2/c1-2-11-20-12-15(19)17-13-3-5-14(6-4-13)18-9-7-16-8-10-18/h3-6,16H,2,7-12H2,1H3,(H,17,19). The minimum absolute atomic E-state index is 0.103. The molecule has 1 heterocycles. The Hall–Kier alpha value is -1.59. The second-order valence-corrected chi connectivity index (χ2v) is 4.88. The Morgan fingerprint density at radius 3 is 2.65 bits per heavy atom. The third-order valence-corrected chi connectivity index (χ3v) is 3.21. The van der Waals surface area contributed by atoms with Gasteiger partial charge in [0.15, 0.2) is 0 Å². The number of anilines is 2. The van der Waals surface area contributed by atoms with Crippen LogP contribution in [0.4, 0.5) is 11.4 Å². The molecule has 1 amide bonds. The molecule has 0 aliphatic carbocycles. The summed E-state index contributed by atoms with van der Waals surface area (Å²) >= 11 is 0. The van der Waals surface area contributed by atoms with Gasteiger partial charge in [-0.1, -0.05) is 6.92 Å². The number of nitrogens with zero attached hydrogens (tertiary/aromatic N) is 1. The van der Waals surface area contributed by atoms with Crippen molar-refractivity contribution in [2.75, 3.05) is 49.6 Å². The molecular formula is C15H23N3O2. The fourth-order valence-corrected chi connectivity index (χ4v) is 2.18. The smallest absolute Gasteiger partial charge is 0.250 e. The highest BCUT2D eigenvalue weighted by Crippen LogP contribution is 2.18. The van der Waals surface area contributed by atoms with E-state index in [9.17, 15) is 4.79 Å². The van der Waals surface area contributed by atoms with Crippen molar-refractivity contribution >= 4 is 17.3 Å². The van der Waals surface area contributed by atoms with Gasteiger partial charge in [-0.3, -0.25) is 4.79 Å². The summed E-state index contributed by atoms with van der Waals surface area (Å²) in [6, 6.07) is 7.98. The van der Waals surface area contributed by atoms with Crippen LogP contribution in [0.25, 0.3) is 0 Å². The Morgan fingerprint density at radius 2 is 2.00 bits per heavy atom. The first-order valence-corrected chi connectivity index (χ1v) is 7.23. The number of rotatable bonds is 6. The van der Waals surface area contributed by atoms with Crippen molar-refractivity contribution in [3.63, 3.8) is 0 Å². The molecule has 1 saturated heterocycles. The van der Waals surface area contributed by atoms with Gasteiger partial charge < -0.3 is 20.3 Å². The second kappa shape index (κ2) is 7.87. The molecule has 1 aromatic rings. The highest BCUT2D eigenvalue weighted by molar-refractivity contribution is 5.91. The molecule has 1 aromatic carbocycles. The van der Waals surface area contributed by atoms with Crippen LogP contribution in [0.3, 0.4) is 0 Å². The molecule has 0 atom stereocenters. The summed E-state index contributed by atoms with van der Waals surface area (Å²) in [7, 11) is 0. The molecule has 1 fully saturated rings. The van der Waals surface area contributed by atoms with E-state index in [1.54, 1.807) is 0 Å². The van der Waals surface area contributed by atoms with Crippen molar-refractivity contribution in [1.29, 1.82) is 0 Å². The molecule has 0 radical (unpaired) electrons. The average Bonchev–Trinajstić information content (AvgIpc) is 2.49. The Balaban J connectivity index is 1.83. The SMILES string of the molecule is CCCOCC(=O)Nc1ccc(N2CCNCC2)cc1. The number of hydrogen-bond acceptors (Lipinski definition) is 4. The molecule has 20 heavy (non-hydrogen) atoms. The zero-order valence-corrected chi connectivity index (χ0v) is 12.0. The van der Waals surface area contributed by atoms with Crippen LogP contribution in [-0.2, 0) is 9.53 Å². The van der Waals surface area contributed by atoms with Gasteiger partial charge >= 0.3 is 0 Å². The topological polar surface area (TPSA) is 53.6 Å². The van der Waals surface area contributed by atoms with Crippen molar-refractivity contribution in [2.24, 2.45) is 0 Å². The Kier molecular flexibility index (Phi) is 5.83. The monoisotopic (exact) mass is 277 g/mol. The van der Waals surface area contributed by atoms with Crippen molar-refractivity contribution in [3.8, 4) is 0 Å². The average molecular weight is 277 g/mol. The molecule has 110 valence electrons. The minimum atomic E-state index is -0.103. The zero-order chi connectivity index (χ0) is 14.2. The summed E-state index contributed by atoms with van der Waals surface area (Å²) in [5.74, 6) is -0.103. The van der Waals surface area contributed by atoms with Crippen LogP contribution in [0, 0.1) is 0 Å². The molecular weight excluding hydrogens is 254 g/mol. The molecule has 0 unspecified atom stereocenters. The van der Waals surface area contributed by atoms with E-state index in [4.69, 9.17) is 4.74 Å². The molecule has 1 aliphatic heterocycles. The van der Waals surface area contributed by atoms with Crippen molar-refractivity contribution in [1.82, 2.24) is 5.32 Å². The fourth-order valence-electron chi connectivity index (χ4n) is 2.18. The number of nitrogens with one attached hydrogen (secondary N) is 2. The molecule has 0 spiro atoms. The third kappa shape index (κ3) is 4.51. The predicted octanol–water partition coefficient (Wildman–Crippen LogP) is 1.46. The van der Waals surface area contributed by atoms with Gasteiger partial charge in [0.2, 0.25) is 5.91 Å². The molecule has 1 aliphatic rings. The van der Waals surface area contributed by atoms with Crippen LogP contribution in [-0.4, -0.2) is 45.3 Å². The lowest BCUT2D eigenvalue weighted by atomic mass is 10.2. The van der Waals surface area contributed by atoms with E-state index in [0.29, 0.717) is 6.61 Å². The first kappa shape index (κ1) is 14.8. The highest BCUT2D eigenvalue weighted by atomic mass is 16.5. The number of ether oxygens (including phenoxy) is 1. The first-order valence-electron chi connectivity index (χ1n) is 7.23. The molecule has 2 N–H and O–H groups in total. The van der Waals surface area contributed by atoms with Crippen LogP contribution >= 0.6 is 0 Å². The van der Waals surface area contributed by atoms with Gasteiger partial charge in [-0.25, -0.2) is 0 Å². The zero-order valence-electron chi connectivity index (χ0n) is 12.0. The number of piperazine rings is 1. The number of carbonyl (C=O) groups is 1. The first-order chi connectivity index (χ1) is 9.79. The molecule has 5 heteroatoms. The maximum absolute atomic E-state index is 11.6. The highest BCUT2D eigenvalue weighted by Gasteiger charge is 2.10. The second-order valence-electron chi connectivity index (χ2n) is 4.88. The fraction of sp³-hybridized carbons (Fsp3) is 0.533. The van der Waals surface area contributed by atoms with E-state index >= 15 is 0 Å². The Labute approximate surface area is 120 Å². The normalized spacial score (nSPS) is 15.2. The van der Waals surface area contributed by atoms with E-state index < -0.39 is 0 Å². The predicted molar refractivity (Wildman–Crippen MR) is 81.3 cm³/mol. The maximum Gasteiger partial charge on any atom is 0.250 e. The lowest BCUT2D eigenvalue weighted by Gasteiger charge is -2.29. The molecule has 0 saturated carbocycles. The molecule has 5 nitrogen and oxygen atoms in total. The molecule has 2 rings (SSSR count). The minimum Gasteiger partial charge on any atom is -0.372 e. The van der Waals surface area contributed by atoms with Gasteiger partial charge in [0.05, 0.1) is 0 Å². The largest absolute Gasteiger partial charge is 0.372 e. The van der Waals surface area contributed by atoms with Crippen molar-refractivity contribution in [2.45, 2.75) is 13.3 Å². The number of hydrogen-bond donors (Lipinski definition) is 2. The summed E-state index contributed by atoms with van der Waals surface area (Å²) in [6.07, 6.45) is 0.923. The van der Waals surface area contributed by atoms with E-state index in [1.807, 2.05) is 31.2 Å².